The summed E-state index contributed by atoms with van der Waals surface area (Å²) in [6, 6.07) is 8.34. The van der Waals surface area contributed by atoms with Crippen molar-refractivity contribution in [3.8, 4) is 0 Å². The molecule has 1 fully saturated rings. The number of hydrogen-bond donors (Lipinski definition) is 1. The van der Waals surface area contributed by atoms with Gasteiger partial charge in [-0.25, -0.2) is 0 Å². The molecule has 3 heteroatoms. The van der Waals surface area contributed by atoms with E-state index in [0.717, 1.165) is 18.6 Å². The van der Waals surface area contributed by atoms with Crippen molar-refractivity contribution in [2.75, 3.05) is 5.75 Å². The van der Waals surface area contributed by atoms with Gasteiger partial charge in [0.25, 0.3) is 0 Å². The fourth-order valence-corrected chi connectivity index (χ4v) is 4.62. The van der Waals surface area contributed by atoms with Gasteiger partial charge >= 0.3 is 5.97 Å². The molecule has 0 aromatic heterocycles. The first-order valence-corrected chi connectivity index (χ1v) is 7.20. The molecular weight excluding hydrogens is 232 g/mol. The van der Waals surface area contributed by atoms with Gasteiger partial charge in [0.1, 0.15) is 0 Å². The highest BCUT2D eigenvalue weighted by molar-refractivity contribution is 7.99. The van der Waals surface area contributed by atoms with E-state index in [4.69, 9.17) is 0 Å². The molecule has 1 N–H and O–H groups in total. The number of aliphatic carboxylic acids is 1. The first-order chi connectivity index (χ1) is 8.27. The fraction of sp³-hybridized carbons (Fsp3) is 0.500. The molecule has 90 valence electrons. The second-order valence-electron chi connectivity index (χ2n) is 5.01. The molecule has 1 aliphatic carbocycles. The Hall–Kier alpha value is -0.960. The Kier molecular flexibility index (Phi) is 2.87. The lowest BCUT2D eigenvalue weighted by Gasteiger charge is -2.40. The van der Waals surface area contributed by atoms with Crippen LogP contribution in [0.3, 0.4) is 0 Å². The lowest BCUT2D eigenvalue weighted by Crippen LogP contribution is -2.35. The predicted octanol–water partition coefficient (Wildman–Crippen LogP) is 3.38. The molecule has 0 bridgehead atoms. The highest BCUT2D eigenvalue weighted by Gasteiger charge is 2.41. The summed E-state index contributed by atoms with van der Waals surface area (Å²) in [7, 11) is 0. The Morgan fingerprint density at radius 3 is 2.94 bits per heavy atom. The molecule has 0 radical (unpaired) electrons. The molecule has 3 unspecified atom stereocenters. The van der Waals surface area contributed by atoms with Crippen molar-refractivity contribution < 1.29 is 9.90 Å². The Morgan fingerprint density at radius 2 is 2.12 bits per heavy atom. The van der Waals surface area contributed by atoms with Gasteiger partial charge in [0.05, 0.1) is 5.92 Å². The largest absolute Gasteiger partial charge is 0.481 e. The van der Waals surface area contributed by atoms with Crippen molar-refractivity contribution in [1.82, 2.24) is 0 Å². The monoisotopic (exact) mass is 248 g/mol. The van der Waals surface area contributed by atoms with E-state index in [1.54, 1.807) is 0 Å². The SMILES string of the molecule is O=C(O)C1CCCC2CSc3ccccc3C21. The van der Waals surface area contributed by atoms with Crippen LogP contribution in [-0.2, 0) is 4.79 Å². The second kappa shape index (κ2) is 4.37. The number of carboxylic acids is 1. The smallest absolute Gasteiger partial charge is 0.307 e. The van der Waals surface area contributed by atoms with Gasteiger partial charge in [0.2, 0.25) is 0 Å². The highest BCUT2D eigenvalue weighted by Crippen LogP contribution is 2.50. The number of fused-ring (bicyclic) bond motifs is 3. The summed E-state index contributed by atoms with van der Waals surface area (Å²) < 4.78 is 0. The van der Waals surface area contributed by atoms with Gasteiger partial charge in [0, 0.05) is 16.6 Å². The van der Waals surface area contributed by atoms with E-state index >= 15 is 0 Å². The topological polar surface area (TPSA) is 37.3 Å². The zero-order chi connectivity index (χ0) is 11.8. The fourth-order valence-electron chi connectivity index (χ4n) is 3.31. The molecule has 0 saturated heterocycles. The molecule has 17 heavy (non-hydrogen) atoms. The Morgan fingerprint density at radius 1 is 1.29 bits per heavy atom. The Labute approximate surface area is 105 Å². The molecule has 3 atom stereocenters. The quantitative estimate of drug-likeness (QED) is 0.828. The molecule has 2 aliphatic rings. The maximum absolute atomic E-state index is 11.4. The molecule has 1 saturated carbocycles. The molecule has 3 rings (SSSR count). The average molecular weight is 248 g/mol. The molecule has 1 aromatic carbocycles. The van der Waals surface area contributed by atoms with Crippen LogP contribution in [0.25, 0.3) is 0 Å². The van der Waals surface area contributed by atoms with Crippen LogP contribution < -0.4 is 0 Å². The van der Waals surface area contributed by atoms with Crippen molar-refractivity contribution >= 4 is 17.7 Å². The lowest BCUT2D eigenvalue weighted by atomic mass is 9.69. The Bertz CT molecular complexity index is 444. The van der Waals surface area contributed by atoms with Gasteiger partial charge in [-0.05, 0) is 30.4 Å². The number of carboxylic acid groups (broad SMARTS) is 1. The highest BCUT2D eigenvalue weighted by atomic mass is 32.2. The van der Waals surface area contributed by atoms with Gasteiger partial charge in [-0.3, -0.25) is 4.79 Å². The van der Waals surface area contributed by atoms with E-state index in [1.165, 1.54) is 16.9 Å². The predicted molar refractivity (Wildman–Crippen MR) is 68.4 cm³/mol. The van der Waals surface area contributed by atoms with Crippen molar-refractivity contribution in [2.24, 2.45) is 11.8 Å². The minimum Gasteiger partial charge on any atom is -0.481 e. The van der Waals surface area contributed by atoms with E-state index in [-0.39, 0.29) is 11.8 Å². The summed E-state index contributed by atoms with van der Waals surface area (Å²) in [5, 5.41) is 9.40. The van der Waals surface area contributed by atoms with E-state index < -0.39 is 5.97 Å². The number of rotatable bonds is 1. The van der Waals surface area contributed by atoms with E-state index in [9.17, 15) is 9.90 Å². The molecule has 2 nitrogen and oxygen atoms in total. The minimum absolute atomic E-state index is 0.171. The van der Waals surface area contributed by atoms with Gasteiger partial charge < -0.3 is 5.11 Å². The van der Waals surface area contributed by atoms with Crippen LogP contribution in [0.5, 0.6) is 0 Å². The first-order valence-electron chi connectivity index (χ1n) is 6.22. The van der Waals surface area contributed by atoms with E-state index in [0.29, 0.717) is 5.92 Å². The molecule has 1 aromatic rings. The van der Waals surface area contributed by atoms with Crippen molar-refractivity contribution in [1.29, 1.82) is 0 Å². The van der Waals surface area contributed by atoms with Crippen LogP contribution in [0.1, 0.15) is 30.7 Å². The van der Waals surface area contributed by atoms with Gasteiger partial charge in [-0.1, -0.05) is 24.6 Å². The number of benzene rings is 1. The van der Waals surface area contributed by atoms with Crippen LogP contribution in [0.2, 0.25) is 0 Å². The van der Waals surface area contributed by atoms with Crippen LogP contribution in [-0.4, -0.2) is 16.8 Å². The summed E-state index contributed by atoms with van der Waals surface area (Å²) in [5.74, 6) is 1.12. The van der Waals surface area contributed by atoms with E-state index in [2.05, 4.69) is 12.1 Å². The minimum atomic E-state index is -0.610. The zero-order valence-electron chi connectivity index (χ0n) is 9.63. The summed E-state index contributed by atoms with van der Waals surface area (Å²) in [6.07, 6.45) is 3.10. The van der Waals surface area contributed by atoms with Crippen LogP contribution in [0, 0.1) is 11.8 Å². The van der Waals surface area contributed by atoms with Gasteiger partial charge in [-0.15, -0.1) is 11.8 Å². The normalized spacial score (nSPS) is 31.4. The maximum atomic E-state index is 11.4. The molecule has 0 amide bonds. The van der Waals surface area contributed by atoms with Crippen LogP contribution in [0.15, 0.2) is 29.2 Å². The van der Waals surface area contributed by atoms with Gasteiger partial charge in [-0.2, -0.15) is 0 Å². The molecular formula is C14H16O2S. The third-order valence-corrected chi connectivity index (χ3v) is 5.36. The summed E-state index contributed by atoms with van der Waals surface area (Å²) in [6.45, 7) is 0. The number of thioether (sulfide) groups is 1. The summed E-state index contributed by atoms with van der Waals surface area (Å²) in [5.41, 5.74) is 1.28. The molecule has 1 aliphatic heterocycles. The van der Waals surface area contributed by atoms with Crippen molar-refractivity contribution in [3.05, 3.63) is 29.8 Å². The maximum Gasteiger partial charge on any atom is 0.307 e. The average Bonchev–Trinajstić information content (AvgIpc) is 2.37. The van der Waals surface area contributed by atoms with Crippen molar-refractivity contribution in [2.45, 2.75) is 30.1 Å². The van der Waals surface area contributed by atoms with Gasteiger partial charge in [0.15, 0.2) is 0 Å². The standard InChI is InChI=1S/C14H16O2S/c15-14(16)11-6-3-4-9-8-17-12-7-2-1-5-10(12)13(9)11/h1-2,5,7,9,11,13H,3-4,6,8H2,(H,15,16). The molecule has 0 spiro atoms. The Balaban J connectivity index is 2.03. The zero-order valence-corrected chi connectivity index (χ0v) is 10.5. The third-order valence-electron chi connectivity index (χ3n) is 4.08. The molecule has 1 heterocycles. The number of hydrogen-bond acceptors (Lipinski definition) is 2. The lowest BCUT2D eigenvalue weighted by molar-refractivity contribution is -0.144. The second-order valence-corrected chi connectivity index (χ2v) is 6.07. The first kappa shape index (κ1) is 11.1. The van der Waals surface area contributed by atoms with Crippen LogP contribution in [0.4, 0.5) is 0 Å². The third kappa shape index (κ3) is 1.86. The summed E-state index contributed by atoms with van der Waals surface area (Å²) in [4.78, 5) is 12.7. The van der Waals surface area contributed by atoms with E-state index in [1.807, 2.05) is 23.9 Å². The van der Waals surface area contributed by atoms with Crippen molar-refractivity contribution in [3.63, 3.8) is 0 Å². The summed E-state index contributed by atoms with van der Waals surface area (Å²) >= 11 is 1.90. The number of carbonyl (C=O) groups is 1. The van der Waals surface area contributed by atoms with Crippen LogP contribution >= 0.6 is 11.8 Å².